The minimum absolute atomic E-state index is 0.286. The van der Waals surface area contributed by atoms with E-state index >= 15 is 0 Å². The number of aliphatic carboxylic acids is 1. The zero-order chi connectivity index (χ0) is 13.8. The summed E-state index contributed by atoms with van der Waals surface area (Å²) in [5, 5.41) is 8.84. The minimum atomic E-state index is -0.680. The Labute approximate surface area is 126 Å². The highest BCUT2D eigenvalue weighted by molar-refractivity contribution is 9.10. The van der Waals surface area contributed by atoms with Gasteiger partial charge in [0.1, 0.15) is 0 Å². The molecule has 1 N–H and O–H groups in total. The molecule has 1 saturated heterocycles. The number of likely N-dealkylation sites (tertiary alicyclic amines) is 1. The van der Waals surface area contributed by atoms with Gasteiger partial charge in [0.25, 0.3) is 0 Å². The van der Waals surface area contributed by atoms with Gasteiger partial charge < -0.3 is 5.11 Å². The molecule has 1 aromatic rings. The molecule has 2 heterocycles. The van der Waals surface area contributed by atoms with Gasteiger partial charge in [0.15, 0.2) is 0 Å². The van der Waals surface area contributed by atoms with Crippen molar-refractivity contribution in [2.75, 3.05) is 6.54 Å². The molecule has 1 aromatic heterocycles. The van der Waals surface area contributed by atoms with Crippen LogP contribution in [0, 0.1) is 6.92 Å². The SMILES string of the molecule is Cc1sc(CN2CCCCC2CCC(=O)O)cc1Br. The lowest BCUT2D eigenvalue weighted by atomic mass is 9.98. The summed E-state index contributed by atoms with van der Waals surface area (Å²) >= 11 is 5.39. The quantitative estimate of drug-likeness (QED) is 0.875. The highest BCUT2D eigenvalue weighted by Crippen LogP contribution is 2.30. The number of aryl methyl sites for hydroxylation is 1. The fraction of sp³-hybridized carbons (Fsp3) is 0.643. The van der Waals surface area contributed by atoms with Crippen LogP contribution in [0.1, 0.15) is 41.9 Å². The Bertz CT molecular complexity index is 427. The van der Waals surface area contributed by atoms with Crippen molar-refractivity contribution >= 4 is 33.2 Å². The molecule has 0 spiro atoms. The number of halogens is 1. The first-order valence-corrected chi connectivity index (χ1v) is 8.38. The lowest BCUT2D eigenvalue weighted by Gasteiger charge is -2.35. The van der Waals surface area contributed by atoms with Crippen molar-refractivity contribution in [3.05, 3.63) is 20.3 Å². The van der Waals surface area contributed by atoms with Crippen LogP contribution in [0.4, 0.5) is 0 Å². The first-order chi connectivity index (χ1) is 9.06. The molecule has 5 heteroatoms. The van der Waals surface area contributed by atoms with Crippen LogP contribution in [0.3, 0.4) is 0 Å². The summed E-state index contributed by atoms with van der Waals surface area (Å²) in [6, 6.07) is 2.63. The summed E-state index contributed by atoms with van der Waals surface area (Å²) in [5.74, 6) is -0.680. The van der Waals surface area contributed by atoms with Crippen molar-refractivity contribution in [2.24, 2.45) is 0 Å². The Hall–Kier alpha value is -0.390. The molecule has 0 amide bonds. The number of piperidine rings is 1. The summed E-state index contributed by atoms with van der Waals surface area (Å²) in [7, 11) is 0. The number of rotatable bonds is 5. The van der Waals surface area contributed by atoms with Gasteiger partial charge in [0.05, 0.1) is 0 Å². The molecule has 19 heavy (non-hydrogen) atoms. The lowest BCUT2D eigenvalue weighted by molar-refractivity contribution is -0.137. The Morgan fingerprint density at radius 3 is 3.00 bits per heavy atom. The summed E-state index contributed by atoms with van der Waals surface area (Å²) in [4.78, 5) is 15.9. The van der Waals surface area contributed by atoms with Gasteiger partial charge in [-0.05, 0) is 54.7 Å². The minimum Gasteiger partial charge on any atom is -0.481 e. The summed E-state index contributed by atoms with van der Waals surface area (Å²) in [6.45, 7) is 4.18. The first-order valence-electron chi connectivity index (χ1n) is 6.77. The van der Waals surface area contributed by atoms with Crippen molar-refractivity contribution in [3.8, 4) is 0 Å². The summed E-state index contributed by atoms with van der Waals surface area (Å²) in [6.07, 6.45) is 4.66. The third kappa shape index (κ3) is 4.29. The molecule has 2 rings (SSSR count). The maximum atomic E-state index is 10.7. The predicted molar refractivity (Wildman–Crippen MR) is 81.7 cm³/mol. The van der Waals surface area contributed by atoms with Crippen LogP contribution in [0.5, 0.6) is 0 Å². The maximum Gasteiger partial charge on any atom is 0.303 e. The molecule has 3 nitrogen and oxygen atoms in total. The third-order valence-electron chi connectivity index (χ3n) is 3.71. The van der Waals surface area contributed by atoms with Gasteiger partial charge in [0, 0.05) is 33.2 Å². The van der Waals surface area contributed by atoms with Crippen molar-refractivity contribution in [2.45, 2.75) is 51.6 Å². The molecular weight excluding hydrogens is 326 g/mol. The smallest absolute Gasteiger partial charge is 0.303 e. The molecule has 106 valence electrons. The van der Waals surface area contributed by atoms with Crippen LogP contribution >= 0.6 is 27.3 Å². The Morgan fingerprint density at radius 2 is 2.37 bits per heavy atom. The number of thiophene rings is 1. The molecule has 1 unspecified atom stereocenters. The van der Waals surface area contributed by atoms with Crippen LogP contribution in [0.15, 0.2) is 10.5 Å². The van der Waals surface area contributed by atoms with E-state index in [0.29, 0.717) is 6.04 Å². The predicted octanol–water partition coefficient (Wildman–Crippen LogP) is 4.04. The van der Waals surface area contributed by atoms with E-state index in [4.69, 9.17) is 5.11 Å². The Kier molecular flexibility index (Phi) is 5.42. The average molecular weight is 346 g/mol. The molecule has 0 aromatic carbocycles. The van der Waals surface area contributed by atoms with Crippen molar-refractivity contribution in [1.29, 1.82) is 0 Å². The van der Waals surface area contributed by atoms with Gasteiger partial charge in [-0.2, -0.15) is 0 Å². The first kappa shape index (κ1) is 15.0. The fourth-order valence-corrected chi connectivity index (χ4v) is 4.31. The maximum absolute atomic E-state index is 10.7. The topological polar surface area (TPSA) is 40.5 Å². The average Bonchev–Trinajstić information content (AvgIpc) is 2.67. The molecule has 1 atom stereocenters. The summed E-state index contributed by atoms with van der Waals surface area (Å²) < 4.78 is 1.19. The number of hydrogen-bond donors (Lipinski definition) is 1. The number of hydrogen-bond acceptors (Lipinski definition) is 3. The van der Waals surface area contributed by atoms with Gasteiger partial charge in [-0.25, -0.2) is 0 Å². The van der Waals surface area contributed by atoms with Crippen molar-refractivity contribution < 1.29 is 9.90 Å². The van der Waals surface area contributed by atoms with Gasteiger partial charge >= 0.3 is 5.97 Å². The molecule has 0 radical (unpaired) electrons. The van der Waals surface area contributed by atoms with Crippen LogP contribution in [0.2, 0.25) is 0 Å². The van der Waals surface area contributed by atoms with Crippen LogP contribution in [-0.2, 0) is 11.3 Å². The molecule has 1 aliphatic rings. The Morgan fingerprint density at radius 1 is 1.58 bits per heavy atom. The lowest BCUT2D eigenvalue weighted by Crippen LogP contribution is -2.39. The number of carbonyl (C=O) groups is 1. The second-order valence-electron chi connectivity index (χ2n) is 5.17. The van der Waals surface area contributed by atoms with E-state index in [2.05, 4.69) is 33.8 Å². The third-order valence-corrected chi connectivity index (χ3v) is 5.83. The van der Waals surface area contributed by atoms with E-state index in [0.717, 1.165) is 25.9 Å². The van der Waals surface area contributed by atoms with E-state index in [1.807, 2.05) is 11.3 Å². The molecule has 1 fully saturated rings. The van der Waals surface area contributed by atoms with Gasteiger partial charge in [0.2, 0.25) is 0 Å². The monoisotopic (exact) mass is 345 g/mol. The normalized spacial score (nSPS) is 20.6. The second-order valence-corrected chi connectivity index (χ2v) is 7.36. The second kappa shape index (κ2) is 6.86. The van der Waals surface area contributed by atoms with E-state index in [1.54, 1.807) is 0 Å². The molecule has 0 aliphatic carbocycles. The van der Waals surface area contributed by atoms with E-state index in [-0.39, 0.29) is 6.42 Å². The van der Waals surface area contributed by atoms with Crippen molar-refractivity contribution in [3.63, 3.8) is 0 Å². The van der Waals surface area contributed by atoms with E-state index in [9.17, 15) is 4.79 Å². The standard InChI is InChI=1S/C14H20BrNO2S/c1-10-13(15)8-12(19-10)9-16-7-3-2-4-11(16)5-6-14(17)18/h8,11H,2-7,9H2,1H3,(H,17,18). The highest BCUT2D eigenvalue weighted by atomic mass is 79.9. The zero-order valence-electron chi connectivity index (χ0n) is 11.2. The summed E-state index contributed by atoms with van der Waals surface area (Å²) in [5.41, 5.74) is 0. The van der Waals surface area contributed by atoms with Crippen LogP contribution < -0.4 is 0 Å². The number of carboxylic acid groups (broad SMARTS) is 1. The number of nitrogens with zero attached hydrogens (tertiary/aromatic N) is 1. The van der Waals surface area contributed by atoms with Gasteiger partial charge in [-0.15, -0.1) is 11.3 Å². The molecule has 1 aliphatic heterocycles. The Balaban J connectivity index is 1.96. The van der Waals surface area contributed by atoms with Crippen LogP contribution in [0.25, 0.3) is 0 Å². The van der Waals surface area contributed by atoms with Gasteiger partial charge in [-0.3, -0.25) is 9.69 Å². The van der Waals surface area contributed by atoms with Crippen molar-refractivity contribution in [1.82, 2.24) is 4.90 Å². The molecule has 0 saturated carbocycles. The molecule has 0 bridgehead atoms. The highest BCUT2D eigenvalue weighted by Gasteiger charge is 2.23. The number of carboxylic acids is 1. The van der Waals surface area contributed by atoms with Gasteiger partial charge in [-0.1, -0.05) is 6.42 Å². The largest absolute Gasteiger partial charge is 0.481 e. The van der Waals surface area contributed by atoms with E-state index in [1.165, 1.54) is 27.1 Å². The zero-order valence-corrected chi connectivity index (χ0v) is 13.6. The molecular formula is C14H20BrNO2S. The van der Waals surface area contributed by atoms with Crippen LogP contribution in [-0.4, -0.2) is 28.6 Å². The fourth-order valence-electron chi connectivity index (χ4n) is 2.68. The van der Waals surface area contributed by atoms with E-state index < -0.39 is 5.97 Å².